The molecule has 0 saturated heterocycles. The van der Waals surface area contributed by atoms with Crippen LogP contribution < -0.4 is 5.32 Å². The molecule has 0 unspecified atom stereocenters. The summed E-state index contributed by atoms with van der Waals surface area (Å²) in [6, 6.07) is 8.28. The van der Waals surface area contributed by atoms with E-state index in [1.165, 1.54) is 21.8 Å². The smallest absolute Gasteiger partial charge is 0.139 e. The number of thioether (sulfide) groups is 1. The Labute approximate surface area is 138 Å². The highest BCUT2D eigenvalue weighted by molar-refractivity contribution is 9.10. The van der Waals surface area contributed by atoms with E-state index in [-0.39, 0.29) is 0 Å². The van der Waals surface area contributed by atoms with Crippen molar-refractivity contribution in [2.24, 2.45) is 0 Å². The molecular formula is C16H18BrN3S. The minimum atomic E-state index is 0.808. The Morgan fingerprint density at radius 2 is 2.14 bits per heavy atom. The van der Waals surface area contributed by atoms with E-state index in [0.29, 0.717) is 0 Å². The lowest BCUT2D eigenvalue weighted by atomic mass is 10.0. The van der Waals surface area contributed by atoms with Crippen LogP contribution in [-0.2, 0) is 25.1 Å². The fourth-order valence-corrected chi connectivity index (χ4v) is 3.98. The number of halogens is 1. The molecule has 3 rings (SSSR count). The summed E-state index contributed by atoms with van der Waals surface area (Å²) < 4.78 is 1.13. The molecule has 0 saturated carbocycles. The molecule has 1 aliphatic rings. The first kappa shape index (κ1) is 15.0. The highest BCUT2D eigenvalue weighted by Gasteiger charge is 2.16. The van der Waals surface area contributed by atoms with E-state index in [1.807, 2.05) is 6.07 Å². The Morgan fingerprint density at radius 1 is 1.29 bits per heavy atom. The van der Waals surface area contributed by atoms with Crippen molar-refractivity contribution in [3.05, 3.63) is 51.5 Å². The predicted molar refractivity (Wildman–Crippen MR) is 90.5 cm³/mol. The zero-order valence-electron chi connectivity index (χ0n) is 12.0. The largest absolute Gasteiger partial charge is 0.311 e. The summed E-state index contributed by atoms with van der Waals surface area (Å²) in [5, 5.41) is 3.40. The van der Waals surface area contributed by atoms with Crippen molar-refractivity contribution in [1.82, 2.24) is 15.3 Å². The normalized spacial score (nSPS) is 14.0. The molecule has 0 fully saturated rings. The molecule has 0 aliphatic carbocycles. The van der Waals surface area contributed by atoms with Gasteiger partial charge in [0.2, 0.25) is 0 Å². The molecular weight excluding hydrogens is 346 g/mol. The van der Waals surface area contributed by atoms with Gasteiger partial charge in [-0.1, -0.05) is 19.1 Å². The zero-order valence-corrected chi connectivity index (χ0v) is 14.4. The number of aryl methyl sites for hydroxylation is 1. The number of benzene rings is 1. The van der Waals surface area contributed by atoms with Crippen molar-refractivity contribution in [2.75, 3.05) is 6.54 Å². The van der Waals surface area contributed by atoms with Gasteiger partial charge in [-0.25, -0.2) is 9.97 Å². The first-order valence-corrected chi connectivity index (χ1v) is 9.01. The second-order valence-electron chi connectivity index (χ2n) is 5.01. The van der Waals surface area contributed by atoms with Crippen LogP contribution >= 0.6 is 27.7 Å². The molecule has 1 N–H and O–H groups in total. The third-order valence-electron chi connectivity index (χ3n) is 3.60. The third-order valence-corrected chi connectivity index (χ3v) is 5.62. The minimum absolute atomic E-state index is 0.808. The highest BCUT2D eigenvalue weighted by Crippen LogP contribution is 2.29. The van der Waals surface area contributed by atoms with Gasteiger partial charge in [-0.05, 0) is 53.0 Å². The SMILES string of the molecule is CCc1nc(CSc2ccccc2Br)nc2c1CCNC2. The van der Waals surface area contributed by atoms with E-state index in [1.54, 1.807) is 11.8 Å². The van der Waals surface area contributed by atoms with E-state index in [4.69, 9.17) is 9.97 Å². The van der Waals surface area contributed by atoms with Gasteiger partial charge >= 0.3 is 0 Å². The summed E-state index contributed by atoms with van der Waals surface area (Å²) in [6.07, 6.45) is 2.04. The van der Waals surface area contributed by atoms with Gasteiger partial charge in [-0.3, -0.25) is 0 Å². The average Bonchev–Trinajstić information content (AvgIpc) is 2.53. The Bertz CT molecular complexity index is 628. The average molecular weight is 364 g/mol. The first-order valence-electron chi connectivity index (χ1n) is 7.23. The van der Waals surface area contributed by atoms with E-state index in [2.05, 4.69) is 46.4 Å². The fourth-order valence-electron chi connectivity index (χ4n) is 2.55. The summed E-state index contributed by atoms with van der Waals surface area (Å²) in [5.41, 5.74) is 3.78. The number of aromatic nitrogens is 2. The molecule has 1 aromatic carbocycles. The maximum Gasteiger partial charge on any atom is 0.139 e. The van der Waals surface area contributed by atoms with Gasteiger partial charge in [0.15, 0.2) is 0 Å². The minimum Gasteiger partial charge on any atom is -0.311 e. The number of rotatable bonds is 4. The zero-order chi connectivity index (χ0) is 14.7. The Hall–Kier alpha value is -0.910. The number of nitrogens with zero attached hydrogens (tertiary/aromatic N) is 2. The van der Waals surface area contributed by atoms with Crippen molar-refractivity contribution in [3.63, 3.8) is 0 Å². The monoisotopic (exact) mass is 363 g/mol. The third kappa shape index (κ3) is 3.47. The molecule has 110 valence electrons. The van der Waals surface area contributed by atoms with Crippen LogP contribution in [0.4, 0.5) is 0 Å². The van der Waals surface area contributed by atoms with Crippen molar-refractivity contribution in [1.29, 1.82) is 0 Å². The number of hydrogen-bond donors (Lipinski definition) is 1. The van der Waals surface area contributed by atoms with Crippen LogP contribution in [0, 0.1) is 0 Å². The lowest BCUT2D eigenvalue weighted by Crippen LogP contribution is -2.27. The van der Waals surface area contributed by atoms with Crippen LogP contribution in [0.3, 0.4) is 0 Å². The van der Waals surface area contributed by atoms with Gasteiger partial charge in [0.05, 0.1) is 11.4 Å². The first-order chi connectivity index (χ1) is 10.3. The predicted octanol–water partition coefficient (Wildman–Crippen LogP) is 3.74. The maximum atomic E-state index is 4.77. The quantitative estimate of drug-likeness (QED) is 0.839. The molecule has 0 amide bonds. The van der Waals surface area contributed by atoms with E-state index < -0.39 is 0 Å². The van der Waals surface area contributed by atoms with Gasteiger partial charge in [-0.2, -0.15) is 0 Å². The Kier molecular flexibility index (Phi) is 4.93. The molecule has 0 radical (unpaired) electrons. The van der Waals surface area contributed by atoms with Crippen LogP contribution in [0.5, 0.6) is 0 Å². The van der Waals surface area contributed by atoms with E-state index >= 15 is 0 Å². The van der Waals surface area contributed by atoms with E-state index in [0.717, 1.165) is 42.0 Å². The molecule has 1 aromatic heterocycles. The van der Waals surface area contributed by atoms with Gasteiger partial charge in [0.1, 0.15) is 5.82 Å². The van der Waals surface area contributed by atoms with Crippen molar-refractivity contribution >= 4 is 27.7 Å². The van der Waals surface area contributed by atoms with Gasteiger partial charge in [0.25, 0.3) is 0 Å². The molecule has 0 spiro atoms. The summed E-state index contributed by atoms with van der Waals surface area (Å²) in [6.45, 7) is 4.08. The Morgan fingerprint density at radius 3 is 2.95 bits per heavy atom. The summed E-state index contributed by atoms with van der Waals surface area (Å²) >= 11 is 5.36. The standard InChI is InChI=1S/C16H18BrN3S/c1-2-13-11-7-8-18-9-14(11)20-16(19-13)10-21-15-6-4-3-5-12(15)17/h3-6,18H,2,7-10H2,1H3. The number of fused-ring (bicyclic) bond motifs is 1. The number of nitrogens with one attached hydrogen (secondary N) is 1. The topological polar surface area (TPSA) is 37.8 Å². The van der Waals surface area contributed by atoms with Crippen molar-refractivity contribution < 1.29 is 0 Å². The molecule has 3 nitrogen and oxygen atoms in total. The fraction of sp³-hybridized carbons (Fsp3) is 0.375. The van der Waals surface area contributed by atoms with Crippen LogP contribution in [0.2, 0.25) is 0 Å². The van der Waals surface area contributed by atoms with E-state index in [9.17, 15) is 0 Å². The number of hydrogen-bond acceptors (Lipinski definition) is 4. The van der Waals surface area contributed by atoms with Gasteiger partial charge < -0.3 is 5.32 Å². The van der Waals surface area contributed by atoms with Crippen molar-refractivity contribution in [3.8, 4) is 0 Å². The molecule has 0 bridgehead atoms. The molecule has 0 atom stereocenters. The summed E-state index contributed by atoms with van der Waals surface area (Å²) in [7, 11) is 0. The molecule has 21 heavy (non-hydrogen) atoms. The summed E-state index contributed by atoms with van der Waals surface area (Å²) in [5.74, 6) is 1.75. The Balaban J connectivity index is 1.81. The van der Waals surface area contributed by atoms with Crippen LogP contribution in [0.1, 0.15) is 29.7 Å². The molecule has 5 heteroatoms. The lowest BCUT2D eigenvalue weighted by Gasteiger charge is -2.19. The van der Waals surface area contributed by atoms with Crippen LogP contribution in [0.15, 0.2) is 33.6 Å². The molecule has 1 aliphatic heterocycles. The highest BCUT2D eigenvalue weighted by atomic mass is 79.9. The second kappa shape index (κ2) is 6.90. The molecule has 2 heterocycles. The molecule has 2 aromatic rings. The van der Waals surface area contributed by atoms with Crippen molar-refractivity contribution in [2.45, 2.75) is 37.0 Å². The summed E-state index contributed by atoms with van der Waals surface area (Å²) in [4.78, 5) is 10.8. The van der Waals surface area contributed by atoms with Gasteiger partial charge in [0, 0.05) is 21.6 Å². The second-order valence-corrected chi connectivity index (χ2v) is 6.88. The van der Waals surface area contributed by atoms with Crippen LogP contribution in [0.25, 0.3) is 0 Å². The maximum absolute atomic E-state index is 4.77. The van der Waals surface area contributed by atoms with Gasteiger partial charge in [-0.15, -0.1) is 11.8 Å². The lowest BCUT2D eigenvalue weighted by molar-refractivity contribution is 0.611. The van der Waals surface area contributed by atoms with Crippen LogP contribution in [-0.4, -0.2) is 16.5 Å².